The molecule has 0 saturated carbocycles. The minimum atomic E-state index is -1.09. The lowest BCUT2D eigenvalue weighted by Crippen LogP contribution is -2.39. The lowest BCUT2D eigenvalue weighted by molar-refractivity contribution is -0.133. The van der Waals surface area contributed by atoms with E-state index in [4.69, 9.17) is 0 Å². The second-order valence-corrected chi connectivity index (χ2v) is 5.00. The SMILES string of the molecule is CC1(O)CSC(C)(C)C1=O. The van der Waals surface area contributed by atoms with Crippen LogP contribution in [0.2, 0.25) is 0 Å². The smallest absolute Gasteiger partial charge is 0.180 e. The second-order valence-electron chi connectivity index (χ2n) is 3.40. The molecule has 0 aromatic carbocycles. The maximum atomic E-state index is 11.3. The van der Waals surface area contributed by atoms with E-state index < -0.39 is 5.60 Å². The van der Waals surface area contributed by atoms with Gasteiger partial charge in [-0.1, -0.05) is 0 Å². The number of carbonyl (C=O) groups is 1. The number of Topliss-reactive ketones (excluding diaryl/α,β-unsaturated/α-hetero) is 1. The molecule has 1 atom stereocenters. The van der Waals surface area contributed by atoms with E-state index in [-0.39, 0.29) is 10.5 Å². The van der Waals surface area contributed by atoms with Gasteiger partial charge in [-0.05, 0) is 20.8 Å². The number of carbonyl (C=O) groups excluding carboxylic acids is 1. The predicted molar refractivity (Wildman–Crippen MR) is 42.2 cm³/mol. The van der Waals surface area contributed by atoms with Crippen molar-refractivity contribution >= 4 is 17.5 Å². The van der Waals surface area contributed by atoms with Gasteiger partial charge in [-0.3, -0.25) is 4.79 Å². The Balaban J connectivity index is 2.88. The van der Waals surface area contributed by atoms with Crippen molar-refractivity contribution < 1.29 is 9.90 Å². The Morgan fingerprint density at radius 2 is 2.00 bits per heavy atom. The lowest BCUT2D eigenvalue weighted by Gasteiger charge is -2.17. The highest BCUT2D eigenvalue weighted by Gasteiger charge is 2.48. The van der Waals surface area contributed by atoms with Crippen molar-refractivity contribution in [2.45, 2.75) is 31.1 Å². The molecule has 1 fully saturated rings. The molecule has 3 heteroatoms. The molecule has 0 bridgehead atoms. The van der Waals surface area contributed by atoms with Crippen molar-refractivity contribution in [1.29, 1.82) is 0 Å². The molecule has 58 valence electrons. The fraction of sp³-hybridized carbons (Fsp3) is 0.857. The van der Waals surface area contributed by atoms with Crippen LogP contribution in [-0.2, 0) is 4.79 Å². The first kappa shape index (κ1) is 8.08. The van der Waals surface area contributed by atoms with Crippen molar-refractivity contribution in [3.05, 3.63) is 0 Å². The van der Waals surface area contributed by atoms with Gasteiger partial charge in [0.2, 0.25) is 0 Å². The molecule has 1 heterocycles. The van der Waals surface area contributed by atoms with Crippen molar-refractivity contribution in [3.63, 3.8) is 0 Å². The molecule has 0 amide bonds. The van der Waals surface area contributed by atoms with Gasteiger partial charge in [-0.2, -0.15) is 0 Å². The summed E-state index contributed by atoms with van der Waals surface area (Å²) in [6.07, 6.45) is 0. The molecule has 1 saturated heterocycles. The zero-order valence-electron chi connectivity index (χ0n) is 6.47. The molecule has 0 aromatic rings. The Bertz CT molecular complexity index is 154. The third-order valence-corrected chi connectivity index (χ3v) is 3.36. The molecule has 10 heavy (non-hydrogen) atoms. The normalized spacial score (nSPS) is 38.6. The van der Waals surface area contributed by atoms with Gasteiger partial charge in [-0.25, -0.2) is 0 Å². The molecule has 2 nitrogen and oxygen atoms in total. The van der Waals surface area contributed by atoms with E-state index in [2.05, 4.69) is 0 Å². The van der Waals surface area contributed by atoms with E-state index in [0.29, 0.717) is 5.75 Å². The van der Waals surface area contributed by atoms with Gasteiger partial charge in [0.15, 0.2) is 5.78 Å². The standard InChI is InChI=1S/C7H12O2S/c1-6(2)5(8)7(3,9)4-10-6/h9H,4H2,1-3H3. The zero-order chi connectivity index (χ0) is 7.99. The lowest BCUT2D eigenvalue weighted by atomic mass is 9.94. The van der Waals surface area contributed by atoms with Crippen LogP contribution >= 0.6 is 11.8 Å². The highest BCUT2D eigenvalue weighted by atomic mass is 32.2. The summed E-state index contributed by atoms with van der Waals surface area (Å²) >= 11 is 1.52. The maximum Gasteiger partial charge on any atom is 0.180 e. The molecule has 1 N–H and O–H groups in total. The number of ketones is 1. The van der Waals surface area contributed by atoms with E-state index in [9.17, 15) is 9.90 Å². The number of hydrogen-bond acceptors (Lipinski definition) is 3. The van der Waals surface area contributed by atoms with Crippen molar-refractivity contribution in [3.8, 4) is 0 Å². The van der Waals surface area contributed by atoms with Gasteiger partial charge in [0.25, 0.3) is 0 Å². The van der Waals surface area contributed by atoms with Crippen LogP contribution in [0.5, 0.6) is 0 Å². The highest BCUT2D eigenvalue weighted by Crippen LogP contribution is 2.39. The van der Waals surface area contributed by atoms with E-state index in [1.807, 2.05) is 13.8 Å². The summed E-state index contributed by atoms with van der Waals surface area (Å²) in [4.78, 5) is 11.3. The number of thioether (sulfide) groups is 1. The summed E-state index contributed by atoms with van der Waals surface area (Å²) in [6.45, 7) is 5.28. The average molecular weight is 160 g/mol. The molecule has 1 aliphatic rings. The van der Waals surface area contributed by atoms with Crippen LogP contribution in [-0.4, -0.2) is 27.0 Å². The van der Waals surface area contributed by atoms with Crippen LogP contribution in [0, 0.1) is 0 Å². The summed E-state index contributed by atoms with van der Waals surface area (Å²) in [5.41, 5.74) is -1.09. The third-order valence-electron chi connectivity index (χ3n) is 1.75. The van der Waals surface area contributed by atoms with Gasteiger partial charge in [0.05, 0.1) is 4.75 Å². The van der Waals surface area contributed by atoms with Crippen molar-refractivity contribution in [2.75, 3.05) is 5.75 Å². The molecular formula is C7H12O2S. The van der Waals surface area contributed by atoms with E-state index in [1.54, 1.807) is 6.92 Å². The number of aliphatic hydroxyl groups is 1. The Morgan fingerprint density at radius 3 is 2.10 bits per heavy atom. The van der Waals surface area contributed by atoms with Crippen LogP contribution in [0.25, 0.3) is 0 Å². The molecular weight excluding hydrogens is 148 g/mol. The summed E-state index contributed by atoms with van der Waals surface area (Å²) in [5, 5.41) is 9.43. The van der Waals surface area contributed by atoms with Crippen LogP contribution in [0.4, 0.5) is 0 Å². The molecule has 1 unspecified atom stereocenters. The Kier molecular flexibility index (Phi) is 1.60. The summed E-state index contributed by atoms with van der Waals surface area (Å²) in [7, 11) is 0. The van der Waals surface area contributed by atoms with Gasteiger partial charge >= 0.3 is 0 Å². The summed E-state index contributed by atoms with van der Waals surface area (Å²) in [6, 6.07) is 0. The molecule has 0 aliphatic carbocycles. The average Bonchev–Trinajstić information content (AvgIpc) is 1.95. The van der Waals surface area contributed by atoms with Crippen molar-refractivity contribution in [2.24, 2.45) is 0 Å². The van der Waals surface area contributed by atoms with Gasteiger partial charge in [-0.15, -0.1) is 11.8 Å². The van der Waals surface area contributed by atoms with E-state index >= 15 is 0 Å². The van der Waals surface area contributed by atoms with Crippen LogP contribution in [0.3, 0.4) is 0 Å². The van der Waals surface area contributed by atoms with Crippen LogP contribution < -0.4 is 0 Å². The first-order chi connectivity index (χ1) is 4.36. The van der Waals surface area contributed by atoms with Crippen molar-refractivity contribution in [1.82, 2.24) is 0 Å². The zero-order valence-corrected chi connectivity index (χ0v) is 7.29. The predicted octanol–water partition coefficient (Wildman–Crippen LogP) is 0.832. The maximum absolute atomic E-state index is 11.3. The summed E-state index contributed by atoms with van der Waals surface area (Å²) in [5.74, 6) is 0.476. The monoisotopic (exact) mass is 160 g/mol. The topological polar surface area (TPSA) is 37.3 Å². The number of rotatable bonds is 0. The van der Waals surface area contributed by atoms with Crippen LogP contribution in [0.1, 0.15) is 20.8 Å². The highest BCUT2D eigenvalue weighted by molar-refractivity contribution is 8.02. The Hall–Kier alpha value is -0.0200. The van der Waals surface area contributed by atoms with Gasteiger partial charge < -0.3 is 5.11 Å². The van der Waals surface area contributed by atoms with E-state index in [0.717, 1.165) is 0 Å². The minimum Gasteiger partial charge on any atom is -0.381 e. The summed E-state index contributed by atoms with van der Waals surface area (Å²) < 4.78 is -0.385. The molecule has 0 spiro atoms. The Labute approximate surface area is 65.0 Å². The minimum absolute atomic E-state index is 0.0509. The molecule has 1 aliphatic heterocycles. The van der Waals surface area contributed by atoms with Gasteiger partial charge in [0.1, 0.15) is 5.60 Å². The molecule has 0 aromatic heterocycles. The second kappa shape index (κ2) is 1.98. The first-order valence-electron chi connectivity index (χ1n) is 3.27. The number of hydrogen-bond donors (Lipinski definition) is 1. The largest absolute Gasteiger partial charge is 0.381 e. The third kappa shape index (κ3) is 1.08. The fourth-order valence-electron chi connectivity index (χ4n) is 1.10. The van der Waals surface area contributed by atoms with E-state index in [1.165, 1.54) is 11.8 Å². The van der Waals surface area contributed by atoms with Gasteiger partial charge in [0, 0.05) is 5.75 Å². The molecule has 0 radical (unpaired) electrons. The fourth-order valence-corrected chi connectivity index (χ4v) is 2.22. The van der Waals surface area contributed by atoms with Crippen LogP contribution in [0.15, 0.2) is 0 Å². The Morgan fingerprint density at radius 1 is 1.50 bits per heavy atom. The molecule has 1 rings (SSSR count). The first-order valence-corrected chi connectivity index (χ1v) is 4.26. The quantitative estimate of drug-likeness (QED) is 0.570.